The van der Waals surface area contributed by atoms with Crippen LogP contribution in [0.1, 0.15) is 18.5 Å². The molecule has 0 atom stereocenters. The average molecular weight is 542 g/mol. The number of carbonyl (C=O) groups excluding carboxylic acids is 1. The summed E-state index contributed by atoms with van der Waals surface area (Å²) in [6.07, 6.45) is -1.38. The molecule has 1 aliphatic rings. The monoisotopic (exact) mass is 541 g/mol. The van der Waals surface area contributed by atoms with Gasteiger partial charge in [-0.15, -0.1) is 0 Å². The van der Waals surface area contributed by atoms with E-state index in [0.29, 0.717) is 47.8 Å². The summed E-state index contributed by atoms with van der Waals surface area (Å²) < 4.78 is 45.4. The van der Waals surface area contributed by atoms with Crippen LogP contribution >= 0.6 is 11.3 Å². The standard InChI is InChI=1S/C27H26F3N5O2S/c1-37-20-4-2-3-19(13-20)33-26(36)35-10-7-17(8-11-35)14-31-25-21-5-6-23(27(28,29)30)34-24(21)22(15-32-25)18-9-12-38-16-18/h2-6,9,12-13,15-17H,7-8,10-11,14H2,1H3,(H,31,32)(H,33,36). The van der Waals surface area contributed by atoms with Gasteiger partial charge >= 0.3 is 12.2 Å². The van der Waals surface area contributed by atoms with Gasteiger partial charge < -0.3 is 20.3 Å². The lowest BCUT2D eigenvalue weighted by Crippen LogP contribution is -2.42. The summed E-state index contributed by atoms with van der Waals surface area (Å²) >= 11 is 1.46. The Kier molecular flexibility index (Phi) is 7.37. The molecule has 38 heavy (non-hydrogen) atoms. The molecule has 0 radical (unpaired) electrons. The number of likely N-dealkylation sites (tertiary alicyclic amines) is 1. The number of aromatic nitrogens is 2. The fourth-order valence-electron chi connectivity index (χ4n) is 4.53. The van der Waals surface area contributed by atoms with Gasteiger partial charge in [0.15, 0.2) is 0 Å². The topological polar surface area (TPSA) is 79.4 Å². The predicted molar refractivity (Wildman–Crippen MR) is 143 cm³/mol. The van der Waals surface area contributed by atoms with Crippen molar-refractivity contribution >= 4 is 39.8 Å². The molecule has 0 spiro atoms. The Bertz CT molecular complexity index is 1420. The van der Waals surface area contributed by atoms with Crippen molar-refractivity contribution in [1.29, 1.82) is 0 Å². The fraction of sp³-hybridized carbons (Fsp3) is 0.296. The molecule has 1 aliphatic heterocycles. The van der Waals surface area contributed by atoms with Crippen LogP contribution in [0.2, 0.25) is 0 Å². The van der Waals surface area contributed by atoms with Gasteiger partial charge in [-0.05, 0) is 65.4 Å². The minimum Gasteiger partial charge on any atom is -0.497 e. The van der Waals surface area contributed by atoms with Crippen LogP contribution in [-0.4, -0.2) is 47.6 Å². The third-order valence-corrected chi connectivity index (χ3v) is 7.32. The zero-order valence-electron chi connectivity index (χ0n) is 20.6. The van der Waals surface area contributed by atoms with E-state index in [1.165, 1.54) is 17.4 Å². The molecular weight excluding hydrogens is 515 g/mol. The summed E-state index contributed by atoms with van der Waals surface area (Å²) in [7, 11) is 1.58. The number of fused-ring (bicyclic) bond motifs is 1. The maximum atomic E-state index is 13.4. The second kappa shape index (κ2) is 10.9. The molecule has 5 rings (SSSR count). The Balaban J connectivity index is 1.24. The van der Waals surface area contributed by atoms with E-state index in [-0.39, 0.29) is 17.5 Å². The minimum atomic E-state index is -4.54. The molecule has 11 heteroatoms. The van der Waals surface area contributed by atoms with Gasteiger partial charge in [-0.25, -0.2) is 14.8 Å². The first-order valence-electron chi connectivity index (χ1n) is 12.1. The number of thiophene rings is 1. The van der Waals surface area contributed by atoms with Gasteiger partial charge in [0, 0.05) is 48.5 Å². The molecule has 0 bridgehead atoms. The molecule has 1 fully saturated rings. The van der Waals surface area contributed by atoms with Crippen LogP contribution in [0.15, 0.2) is 59.4 Å². The summed E-state index contributed by atoms with van der Waals surface area (Å²) in [5.74, 6) is 1.45. The van der Waals surface area contributed by atoms with Gasteiger partial charge in [0.25, 0.3) is 0 Å². The van der Waals surface area contributed by atoms with Crippen molar-refractivity contribution in [3.63, 3.8) is 0 Å². The Labute approximate surface area is 221 Å². The van der Waals surface area contributed by atoms with E-state index in [9.17, 15) is 18.0 Å². The molecule has 2 N–H and O–H groups in total. The van der Waals surface area contributed by atoms with E-state index in [2.05, 4.69) is 20.6 Å². The number of hydrogen-bond acceptors (Lipinski definition) is 6. The molecule has 7 nitrogen and oxygen atoms in total. The zero-order chi connectivity index (χ0) is 26.7. The summed E-state index contributed by atoms with van der Waals surface area (Å²) in [6.45, 7) is 1.79. The highest BCUT2D eigenvalue weighted by molar-refractivity contribution is 7.08. The number of nitrogens with zero attached hydrogens (tertiary/aromatic N) is 3. The van der Waals surface area contributed by atoms with Crippen LogP contribution in [-0.2, 0) is 6.18 Å². The number of pyridine rings is 2. The number of benzene rings is 1. The molecule has 0 saturated carbocycles. The molecule has 4 heterocycles. The molecule has 4 aromatic rings. The van der Waals surface area contributed by atoms with Crippen LogP contribution in [0.5, 0.6) is 5.75 Å². The van der Waals surface area contributed by atoms with Crippen molar-refractivity contribution in [3.8, 4) is 16.9 Å². The molecule has 2 amide bonds. The molecule has 3 aromatic heterocycles. The first-order valence-corrected chi connectivity index (χ1v) is 13.1. The van der Waals surface area contributed by atoms with Gasteiger partial charge in [0.1, 0.15) is 17.3 Å². The van der Waals surface area contributed by atoms with Gasteiger partial charge in [-0.1, -0.05) is 6.07 Å². The van der Waals surface area contributed by atoms with Crippen molar-refractivity contribution in [2.24, 2.45) is 5.92 Å². The Morgan fingerprint density at radius 1 is 1.18 bits per heavy atom. The SMILES string of the molecule is COc1cccc(NC(=O)N2CCC(CNc3ncc(-c4ccsc4)c4nc(C(F)(F)F)ccc34)CC2)c1. The van der Waals surface area contributed by atoms with Crippen molar-refractivity contribution in [2.75, 3.05) is 37.4 Å². The van der Waals surface area contributed by atoms with Gasteiger partial charge in [-0.3, -0.25) is 0 Å². The van der Waals surface area contributed by atoms with Crippen LogP contribution in [0, 0.1) is 5.92 Å². The Morgan fingerprint density at radius 3 is 2.71 bits per heavy atom. The summed E-state index contributed by atoms with van der Waals surface area (Å²) in [4.78, 5) is 23.0. The van der Waals surface area contributed by atoms with Gasteiger partial charge in [0.05, 0.1) is 12.6 Å². The highest BCUT2D eigenvalue weighted by Crippen LogP contribution is 2.35. The quantitative estimate of drug-likeness (QED) is 0.283. The number of methoxy groups -OCH3 is 1. The number of piperidine rings is 1. The van der Waals surface area contributed by atoms with Crippen molar-refractivity contribution in [1.82, 2.24) is 14.9 Å². The van der Waals surface area contributed by atoms with E-state index in [1.807, 2.05) is 35.0 Å². The Hall–Kier alpha value is -3.86. The van der Waals surface area contributed by atoms with Gasteiger partial charge in [0.2, 0.25) is 0 Å². The van der Waals surface area contributed by atoms with E-state index in [4.69, 9.17) is 4.74 Å². The highest BCUT2D eigenvalue weighted by atomic mass is 32.1. The normalized spacial score (nSPS) is 14.5. The third kappa shape index (κ3) is 5.67. The number of carbonyl (C=O) groups is 1. The smallest absolute Gasteiger partial charge is 0.433 e. The van der Waals surface area contributed by atoms with Crippen molar-refractivity contribution < 1.29 is 22.7 Å². The number of ether oxygens (including phenoxy) is 1. The van der Waals surface area contributed by atoms with Crippen LogP contribution in [0.25, 0.3) is 22.0 Å². The maximum Gasteiger partial charge on any atom is 0.433 e. The minimum absolute atomic E-state index is 0.159. The fourth-order valence-corrected chi connectivity index (χ4v) is 5.18. The number of nitrogens with one attached hydrogen (secondary N) is 2. The van der Waals surface area contributed by atoms with E-state index in [1.54, 1.807) is 24.3 Å². The average Bonchev–Trinajstić information content (AvgIpc) is 3.46. The van der Waals surface area contributed by atoms with Crippen LogP contribution in [0.3, 0.4) is 0 Å². The number of amides is 2. The van der Waals surface area contributed by atoms with E-state index >= 15 is 0 Å². The second-order valence-corrected chi connectivity index (χ2v) is 9.88. The van der Waals surface area contributed by atoms with Crippen LogP contribution < -0.4 is 15.4 Å². The number of urea groups is 1. The van der Waals surface area contributed by atoms with E-state index < -0.39 is 11.9 Å². The number of halogens is 3. The number of anilines is 2. The molecule has 0 aliphatic carbocycles. The molecular formula is C27H26F3N5O2S. The molecule has 198 valence electrons. The summed E-state index contributed by atoms with van der Waals surface area (Å²) in [6, 6.07) is 11.3. The number of hydrogen-bond donors (Lipinski definition) is 2. The van der Waals surface area contributed by atoms with Crippen LogP contribution in [0.4, 0.5) is 29.5 Å². The maximum absolute atomic E-state index is 13.4. The summed E-state index contributed by atoms with van der Waals surface area (Å²) in [5.41, 5.74) is 1.35. The Morgan fingerprint density at radius 2 is 2.00 bits per heavy atom. The lowest BCUT2D eigenvalue weighted by molar-refractivity contribution is -0.140. The second-order valence-electron chi connectivity index (χ2n) is 9.10. The first-order chi connectivity index (χ1) is 18.3. The molecule has 1 aromatic carbocycles. The first kappa shape index (κ1) is 25.8. The summed E-state index contributed by atoms with van der Waals surface area (Å²) in [5, 5.41) is 10.5. The lowest BCUT2D eigenvalue weighted by atomic mass is 9.97. The highest BCUT2D eigenvalue weighted by Gasteiger charge is 2.33. The predicted octanol–water partition coefficient (Wildman–Crippen LogP) is 6.74. The lowest BCUT2D eigenvalue weighted by Gasteiger charge is -2.32. The van der Waals surface area contributed by atoms with Crippen molar-refractivity contribution in [3.05, 3.63) is 65.1 Å². The largest absolute Gasteiger partial charge is 0.497 e. The van der Waals surface area contributed by atoms with Gasteiger partial charge in [-0.2, -0.15) is 24.5 Å². The third-order valence-electron chi connectivity index (χ3n) is 6.63. The molecule has 1 saturated heterocycles. The van der Waals surface area contributed by atoms with E-state index in [0.717, 1.165) is 24.5 Å². The zero-order valence-corrected chi connectivity index (χ0v) is 21.4. The number of rotatable bonds is 6. The number of alkyl halides is 3. The molecule has 0 unspecified atom stereocenters. The van der Waals surface area contributed by atoms with Crippen molar-refractivity contribution in [2.45, 2.75) is 19.0 Å².